The van der Waals surface area contributed by atoms with Crippen LogP contribution in [0.1, 0.15) is 38.7 Å². The van der Waals surface area contributed by atoms with Gasteiger partial charge in [0, 0.05) is 19.0 Å². The van der Waals surface area contributed by atoms with Gasteiger partial charge in [0.05, 0.1) is 24.3 Å². The lowest BCUT2D eigenvalue weighted by Crippen LogP contribution is -2.22. The van der Waals surface area contributed by atoms with Gasteiger partial charge in [-0.05, 0) is 44.4 Å². The molecule has 2 rings (SSSR count). The van der Waals surface area contributed by atoms with Gasteiger partial charge >= 0.3 is 0 Å². The monoisotopic (exact) mass is 313 g/mol. The van der Waals surface area contributed by atoms with Crippen LogP contribution in [0.3, 0.4) is 0 Å². The molecule has 1 fully saturated rings. The van der Waals surface area contributed by atoms with Gasteiger partial charge in [0.25, 0.3) is 0 Å². The van der Waals surface area contributed by atoms with Crippen molar-refractivity contribution in [2.75, 3.05) is 13.7 Å². The van der Waals surface area contributed by atoms with Crippen LogP contribution in [0.4, 0.5) is 0 Å². The molecule has 0 aromatic heterocycles. The van der Waals surface area contributed by atoms with E-state index in [4.69, 9.17) is 21.1 Å². The highest BCUT2D eigenvalue weighted by atomic mass is 35.5. The summed E-state index contributed by atoms with van der Waals surface area (Å²) in [4.78, 5) is 0. The molecule has 0 radical (unpaired) electrons. The Hall–Kier alpha value is -0.970. The Morgan fingerprint density at radius 2 is 2.10 bits per heavy atom. The minimum atomic E-state index is -0.756. The number of aliphatic hydroxyl groups is 1. The van der Waals surface area contributed by atoms with E-state index in [-0.39, 0.29) is 0 Å². The van der Waals surface area contributed by atoms with Gasteiger partial charge in [-0.2, -0.15) is 0 Å². The standard InChI is InChI=1S/C16H24ClNO3/c1-16(2,19)6-7-21-15-13(17)8-11(9-14(15)20-3)10-18-12-4-5-12/h8-9,12,18-19H,4-7,10H2,1-3H3. The van der Waals surface area contributed by atoms with Crippen LogP contribution in [-0.2, 0) is 6.54 Å². The molecule has 0 bridgehead atoms. The average Bonchev–Trinajstić information content (AvgIpc) is 3.21. The highest BCUT2D eigenvalue weighted by Crippen LogP contribution is 2.37. The Labute approximate surface area is 131 Å². The van der Waals surface area contributed by atoms with Gasteiger partial charge < -0.3 is 19.9 Å². The van der Waals surface area contributed by atoms with Crippen LogP contribution in [0.25, 0.3) is 0 Å². The molecular weight excluding hydrogens is 290 g/mol. The number of hydrogen-bond acceptors (Lipinski definition) is 4. The summed E-state index contributed by atoms with van der Waals surface area (Å²) in [7, 11) is 1.60. The fourth-order valence-electron chi connectivity index (χ4n) is 1.97. The normalized spacial score (nSPS) is 15.1. The lowest BCUT2D eigenvalue weighted by molar-refractivity contribution is 0.0549. The maximum absolute atomic E-state index is 9.71. The third-order valence-corrected chi connectivity index (χ3v) is 3.70. The second-order valence-electron chi connectivity index (χ2n) is 6.18. The molecule has 0 spiro atoms. The molecule has 1 aromatic rings. The van der Waals surface area contributed by atoms with Crippen molar-refractivity contribution in [2.24, 2.45) is 0 Å². The second kappa shape index (κ2) is 6.86. The molecule has 4 nitrogen and oxygen atoms in total. The predicted octanol–water partition coefficient (Wildman–Crippen LogP) is 3.14. The maximum atomic E-state index is 9.71. The van der Waals surface area contributed by atoms with Crippen LogP contribution in [0.2, 0.25) is 5.02 Å². The Morgan fingerprint density at radius 3 is 2.67 bits per heavy atom. The Balaban J connectivity index is 2.01. The van der Waals surface area contributed by atoms with Gasteiger partial charge in [0.2, 0.25) is 0 Å². The van der Waals surface area contributed by atoms with Gasteiger partial charge in [0.1, 0.15) is 0 Å². The van der Waals surface area contributed by atoms with Crippen LogP contribution in [0, 0.1) is 0 Å². The number of rotatable bonds is 8. The first-order chi connectivity index (χ1) is 9.89. The summed E-state index contributed by atoms with van der Waals surface area (Å²) in [5, 5.41) is 13.7. The summed E-state index contributed by atoms with van der Waals surface area (Å²) in [5.74, 6) is 1.17. The Morgan fingerprint density at radius 1 is 1.38 bits per heavy atom. The van der Waals surface area contributed by atoms with Crippen molar-refractivity contribution >= 4 is 11.6 Å². The zero-order valence-electron chi connectivity index (χ0n) is 12.9. The summed E-state index contributed by atoms with van der Waals surface area (Å²) >= 11 is 6.30. The van der Waals surface area contributed by atoms with Gasteiger partial charge in [-0.25, -0.2) is 0 Å². The third kappa shape index (κ3) is 5.38. The fraction of sp³-hybridized carbons (Fsp3) is 0.625. The lowest BCUT2D eigenvalue weighted by Gasteiger charge is -2.19. The predicted molar refractivity (Wildman–Crippen MR) is 84.3 cm³/mol. The first-order valence-electron chi connectivity index (χ1n) is 7.34. The van der Waals surface area contributed by atoms with Crippen molar-refractivity contribution in [2.45, 2.75) is 51.3 Å². The number of methoxy groups -OCH3 is 1. The van der Waals surface area contributed by atoms with E-state index >= 15 is 0 Å². The van der Waals surface area contributed by atoms with Crippen molar-refractivity contribution in [3.05, 3.63) is 22.7 Å². The molecular formula is C16H24ClNO3. The maximum Gasteiger partial charge on any atom is 0.179 e. The van der Waals surface area contributed by atoms with E-state index in [2.05, 4.69) is 5.32 Å². The highest BCUT2D eigenvalue weighted by Gasteiger charge is 2.21. The number of ether oxygens (including phenoxy) is 2. The first kappa shape index (κ1) is 16.4. The van der Waals surface area contributed by atoms with Crippen LogP contribution in [0.15, 0.2) is 12.1 Å². The molecule has 5 heteroatoms. The van der Waals surface area contributed by atoms with E-state index in [0.29, 0.717) is 35.6 Å². The first-order valence-corrected chi connectivity index (χ1v) is 7.72. The van der Waals surface area contributed by atoms with E-state index in [9.17, 15) is 5.11 Å². The molecule has 0 atom stereocenters. The molecule has 1 aromatic carbocycles. The van der Waals surface area contributed by atoms with Gasteiger partial charge in [-0.15, -0.1) is 0 Å². The van der Waals surface area contributed by atoms with Crippen LogP contribution in [-0.4, -0.2) is 30.5 Å². The summed E-state index contributed by atoms with van der Waals surface area (Å²) in [6.07, 6.45) is 3.03. The molecule has 0 saturated heterocycles. The fourth-order valence-corrected chi connectivity index (χ4v) is 2.26. The zero-order chi connectivity index (χ0) is 15.5. The average molecular weight is 314 g/mol. The van der Waals surface area contributed by atoms with E-state index in [1.54, 1.807) is 21.0 Å². The second-order valence-corrected chi connectivity index (χ2v) is 6.58. The molecule has 0 unspecified atom stereocenters. The topological polar surface area (TPSA) is 50.7 Å². The minimum absolute atomic E-state index is 0.388. The number of hydrogen-bond donors (Lipinski definition) is 2. The Bertz CT molecular complexity index is 481. The third-order valence-electron chi connectivity index (χ3n) is 3.42. The van der Waals surface area contributed by atoms with E-state index in [0.717, 1.165) is 12.1 Å². The van der Waals surface area contributed by atoms with Crippen molar-refractivity contribution in [1.82, 2.24) is 5.32 Å². The number of benzene rings is 1. The van der Waals surface area contributed by atoms with E-state index in [1.807, 2.05) is 12.1 Å². The zero-order valence-corrected chi connectivity index (χ0v) is 13.7. The molecule has 1 saturated carbocycles. The van der Waals surface area contributed by atoms with Crippen molar-refractivity contribution < 1.29 is 14.6 Å². The van der Waals surface area contributed by atoms with Crippen LogP contribution in [0.5, 0.6) is 11.5 Å². The highest BCUT2D eigenvalue weighted by molar-refractivity contribution is 6.32. The SMILES string of the molecule is COc1cc(CNC2CC2)cc(Cl)c1OCCC(C)(C)O. The molecule has 2 N–H and O–H groups in total. The Kier molecular flexibility index (Phi) is 5.36. The van der Waals surface area contributed by atoms with E-state index in [1.165, 1.54) is 12.8 Å². The van der Waals surface area contributed by atoms with Crippen molar-refractivity contribution in [1.29, 1.82) is 0 Å². The van der Waals surface area contributed by atoms with Gasteiger partial charge in [0.15, 0.2) is 11.5 Å². The summed E-state index contributed by atoms with van der Waals surface area (Å²) in [6.45, 7) is 4.67. The lowest BCUT2D eigenvalue weighted by atomic mass is 10.1. The summed E-state index contributed by atoms with van der Waals surface area (Å²) in [6, 6.07) is 4.50. The number of nitrogens with one attached hydrogen (secondary N) is 1. The molecule has 0 heterocycles. The summed E-state index contributed by atoms with van der Waals surface area (Å²) in [5.41, 5.74) is 0.326. The largest absolute Gasteiger partial charge is 0.493 e. The quantitative estimate of drug-likeness (QED) is 0.774. The molecule has 1 aliphatic rings. The molecule has 21 heavy (non-hydrogen) atoms. The molecule has 0 amide bonds. The molecule has 0 aliphatic heterocycles. The smallest absolute Gasteiger partial charge is 0.179 e. The van der Waals surface area contributed by atoms with Crippen LogP contribution >= 0.6 is 11.6 Å². The van der Waals surface area contributed by atoms with E-state index < -0.39 is 5.60 Å². The molecule has 1 aliphatic carbocycles. The van der Waals surface area contributed by atoms with Gasteiger partial charge in [-0.1, -0.05) is 11.6 Å². The minimum Gasteiger partial charge on any atom is -0.493 e. The molecule has 118 valence electrons. The summed E-state index contributed by atoms with van der Waals surface area (Å²) < 4.78 is 11.1. The van der Waals surface area contributed by atoms with Crippen LogP contribution < -0.4 is 14.8 Å². The van der Waals surface area contributed by atoms with Crippen molar-refractivity contribution in [3.8, 4) is 11.5 Å². The van der Waals surface area contributed by atoms with Crippen molar-refractivity contribution in [3.63, 3.8) is 0 Å². The van der Waals surface area contributed by atoms with Gasteiger partial charge in [-0.3, -0.25) is 0 Å². The number of halogens is 1.